The molecule has 0 saturated heterocycles. The van der Waals surface area contributed by atoms with Crippen LogP contribution in [0.25, 0.3) is 0 Å². The number of methoxy groups -OCH3 is 1. The number of para-hydroxylation sites is 1. The van der Waals surface area contributed by atoms with E-state index < -0.39 is 17.4 Å². The van der Waals surface area contributed by atoms with E-state index in [9.17, 15) is 9.90 Å². The van der Waals surface area contributed by atoms with Crippen molar-refractivity contribution in [1.29, 1.82) is 0 Å². The molecule has 1 atom stereocenters. The normalized spacial score (nSPS) is 18.5. The average molecular weight is 237 g/mol. The minimum absolute atomic E-state index is 0.0100. The number of phenols is 1. The maximum atomic E-state index is 11.0. The summed E-state index contributed by atoms with van der Waals surface area (Å²) in [6.45, 7) is 0. The highest BCUT2D eigenvalue weighted by atomic mass is 16.5. The van der Waals surface area contributed by atoms with Crippen molar-refractivity contribution in [2.75, 3.05) is 7.11 Å². The quantitative estimate of drug-likeness (QED) is 0.721. The third-order valence-corrected chi connectivity index (χ3v) is 3.41. The molecule has 0 bridgehead atoms. The van der Waals surface area contributed by atoms with Gasteiger partial charge < -0.3 is 20.7 Å². The fourth-order valence-electron chi connectivity index (χ4n) is 2.21. The molecule has 0 spiro atoms. The van der Waals surface area contributed by atoms with Gasteiger partial charge in [-0.25, -0.2) is 0 Å². The molecule has 0 aliphatic heterocycles. The highest BCUT2D eigenvalue weighted by Gasteiger charge is 2.54. The monoisotopic (exact) mass is 237 g/mol. The van der Waals surface area contributed by atoms with Crippen LogP contribution in [-0.2, 0) is 10.2 Å². The summed E-state index contributed by atoms with van der Waals surface area (Å²) in [7, 11) is 1.45. The molecule has 1 saturated carbocycles. The maximum absolute atomic E-state index is 11.0. The first kappa shape index (κ1) is 11.7. The first-order chi connectivity index (χ1) is 8.03. The largest absolute Gasteiger partial charge is 0.504 e. The summed E-state index contributed by atoms with van der Waals surface area (Å²) in [5, 5.41) is 19.0. The molecule has 1 aromatic carbocycles. The van der Waals surface area contributed by atoms with Crippen LogP contribution in [0.5, 0.6) is 11.5 Å². The summed E-state index contributed by atoms with van der Waals surface area (Å²) < 4.78 is 5.01. The van der Waals surface area contributed by atoms with Gasteiger partial charge in [0.25, 0.3) is 0 Å². The third kappa shape index (κ3) is 1.72. The van der Waals surface area contributed by atoms with Gasteiger partial charge in [-0.2, -0.15) is 0 Å². The van der Waals surface area contributed by atoms with Crippen molar-refractivity contribution in [3.8, 4) is 11.5 Å². The van der Waals surface area contributed by atoms with E-state index in [0.717, 1.165) is 0 Å². The van der Waals surface area contributed by atoms with Crippen LogP contribution in [0.2, 0.25) is 0 Å². The lowest BCUT2D eigenvalue weighted by atomic mass is 9.87. The van der Waals surface area contributed by atoms with Crippen molar-refractivity contribution in [2.24, 2.45) is 5.73 Å². The van der Waals surface area contributed by atoms with Crippen LogP contribution >= 0.6 is 0 Å². The predicted molar refractivity (Wildman–Crippen MR) is 61.2 cm³/mol. The molecule has 5 nitrogen and oxygen atoms in total. The van der Waals surface area contributed by atoms with Crippen LogP contribution < -0.4 is 10.5 Å². The highest BCUT2D eigenvalue weighted by Crippen LogP contribution is 2.54. The summed E-state index contributed by atoms with van der Waals surface area (Å²) in [5.41, 5.74) is 5.61. The van der Waals surface area contributed by atoms with Crippen LogP contribution in [0.1, 0.15) is 18.4 Å². The number of nitrogens with two attached hydrogens (primary N) is 1. The first-order valence-electron chi connectivity index (χ1n) is 5.38. The van der Waals surface area contributed by atoms with Gasteiger partial charge in [0.2, 0.25) is 0 Å². The molecule has 1 fully saturated rings. The molecule has 0 radical (unpaired) electrons. The molecule has 92 valence electrons. The average Bonchev–Trinajstić information content (AvgIpc) is 3.09. The molecule has 2 rings (SSSR count). The molecule has 0 amide bonds. The van der Waals surface area contributed by atoms with Crippen molar-refractivity contribution < 1.29 is 19.7 Å². The van der Waals surface area contributed by atoms with Gasteiger partial charge in [-0.3, -0.25) is 4.79 Å². The van der Waals surface area contributed by atoms with Crippen molar-refractivity contribution in [1.82, 2.24) is 0 Å². The van der Waals surface area contributed by atoms with Crippen molar-refractivity contribution >= 4 is 5.97 Å². The van der Waals surface area contributed by atoms with Crippen LogP contribution in [0, 0.1) is 0 Å². The minimum atomic E-state index is -1.05. The zero-order chi connectivity index (χ0) is 12.6. The second-order valence-corrected chi connectivity index (χ2v) is 4.33. The number of ether oxygens (including phenoxy) is 1. The SMILES string of the molecule is COc1cccc(C2(C(N)C(=O)O)CC2)c1O. The van der Waals surface area contributed by atoms with Gasteiger partial charge in [-0.15, -0.1) is 0 Å². The summed E-state index contributed by atoms with van der Waals surface area (Å²) >= 11 is 0. The number of carboxylic acid groups (broad SMARTS) is 1. The predicted octanol–water partition coefficient (Wildman–Crippen LogP) is 0.844. The summed E-state index contributed by atoms with van der Waals surface area (Å²) in [6, 6.07) is 4.05. The summed E-state index contributed by atoms with van der Waals surface area (Å²) in [6.07, 6.45) is 1.34. The lowest BCUT2D eigenvalue weighted by Gasteiger charge is -2.22. The Bertz CT molecular complexity index is 454. The lowest BCUT2D eigenvalue weighted by molar-refractivity contribution is -0.139. The second kappa shape index (κ2) is 3.92. The zero-order valence-corrected chi connectivity index (χ0v) is 9.51. The molecule has 4 N–H and O–H groups in total. The highest BCUT2D eigenvalue weighted by molar-refractivity contribution is 5.77. The lowest BCUT2D eigenvalue weighted by Crippen LogP contribution is -2.42. The fraction of sp³-hybridized carbons (Fsp3) is 0.417. The molecule has 1 aliphatic rings. The topological polar surface area (TPSA) is 92.8 Å². The van der Waals surface area contributed by atoms with Crippen LogP contribution in [-0.4, -0.2) is 29.3 Å². The van der Waals surface area contributed by atoms with Crippen molar-refractivity contribution in [2.45, 2.75) is 24.3 Å². The Balaban J connectivity index is 2.44. The van der Waals surface area contributed by atoms with Gasteiger partial charge >= 0.3 is 5.97 Å². The molecule has 0 aromatic heterocycles. The van der Waals surface area contributed by atoms with Crippen LogP contribution in [0.4, 0.5) is 0 Å². The Morgan fingerprint density at radius 3 is 2.65 bits per heavy atom. The standard InChI is InChI=1S/C12H15NO4/c1-17-8-4-2-3-7(9(8)14)12(5-6-12)10(13)11(15)16/h2-4,10,14H,5-6,13H2,1H3,(H,15,16). The number of carbonyl (C=O) groups is 1. The molecule has 0 heterocycles. The first-order valence-corrected chi connectivity index (χ1v) is 5.38. The van der Waals surface area contributed by atoms with Crippen LogP contribution in [0.15, 0.2) is 18.2 Å². The van der Waals surface area contributed by atoms with Crippen molar-refractivity contribution in [3.63, 3.8) is 0 Å². The number of aliphatic carboxylic acids is 1. The molecule has 17 heavy (non-hydrogen) atoms. The number of hydrogen-bond donors (Lipinski definition) is 3. The molecular weight excluding hydrogens is 222 g/mol. The second-order valence-electron chi connectivity index (χ2n) is 4.33. The third-order valence-electron chi connectivity index (χ3n) is 3.41. The Labute approximate surface area is 98.8 Å². The number of phenolic OH excluding ortho intramolecular Hbond substituents is 1. The van der Waals surface area contributed by atoms with E-state index in [-0.39, 0.29) is 5.75 Å². The van der Waals surface area contributed by atoms with Crippen LogP contribution in [0.3, 0.4) is 0 Å². The van der Waals surface area contributed by atoms with E-state index in [4.69, 9.17) is 15.6 Å². The molecule has 5 heteroatoms. The number of benzene rings is 1. The Morgan fingerprint density at radius 1 is 1.53 bits per heavy atom. The number of carboxylic acids is 1. The number of aromatic hydroxyl groups is 1. The van der Waals surface area contributed by atoms with Gasteiger partial charge in [0, 0.05) is 11.0 Å². The van der Waals surface area contributed by atoms with Gasteiger partial charge in [0.1, 0.15) is 6.04 Å². The molecule has 1 aromatic rings. The van der Waals surface area contributed by atoms with Gasteiger partial charge in [-0.1, -0.05) is 12.1 Å². The van der Waals surface area contributed by atoms with E-state index in [2.05, 4.69) is 0 Å². The van der Waals surface area contributed by atoms with Gasteiger partial charge in [0.05, 0.1) is 7.11 Å². The molecular formula is C12H15NO4. The number of hydrogen-bond acceptors (Lipinski definition) is 4. The van der Waals surface area contributed by atoms with Gasteiger partial charge in [-0.05, 0) is 18.9 Å². The molecule has 1 unspecified atom stereocenters. The maximum Gasteiger partial charge on any atom is 0.321 e. The zero-order valence-electron chi connectivity index (χ0n) is 9.51. The smallest absolute Gasteiger partial charge is 0.321 e. The Kier molecular flexibility index (Phi) is 2.71. The Morgan fingerprint density at radius 2 is 2.18 bits per heavy atom. The molecule has 1 aliphatic carbocycles. The summed E-state index contributed by atoms with van der Waals surface area (Å²) in [4.78, 5) is 11.0. The van der Waals surface area contributed by atoms with E-state index >= 15 is 0 Å². The Hall–Kier alpha value is -1.75. The minimum Gasteiger partial charge on any atom is -0.504 e. The van der Waals surface area contributed by atoms with E-state index in [1.54, 1.807) is 18.2 Å². The fourth-order valence-corrected chi connectivity index (χ4v) is 2.21. The summed E-state index contributed by atoms with van der Waals surface area (Å²) in [5.74, 6) is -0.722. The van der Waals surface area contributed by atoms with E-state index in [1.807, 2.05) is 0 Å². The van der Waals surface area contributed by atoms with Gasteiger partial charge in [0.15, 0.2) is 11.5 Å². The number of rotatable bonds is 4. The van der Waals surface area contributed by atoms with E-state index in [1.165, 1.54) is 7.11 Å². The van der Waals surface area contributed by atoms with Crippen molar-refractivity contribution in [3.05, 3.63) is 23.8 Å². The van der Waals surface area contributed by atoms with E-state index in [0.29, 0.717) is 24.2 Å².